The number of nitriles is 3. The average Bonchev–Trinajstić information content (AvgIpc) is 0.809. The summed E-state index contributed by atoms with van der Waals surface area (Å²) in [5, 5.41) is 36.4. The molecule has 8 rings (SSSR count). The Morgan fingerprint density at radius 1 is 0.493 bits per heavy atom. The first-order valence-corrected chi connectivity index (χ1v) is 42.0. The molecule has 0 amide bonds. The molecule has 138 heavy (non-hydrogen) atoms. The number of benzene rings is 7. The van der Waals surface area contributed by atoms with Crippen LogP contribution in [0.15, 0.2) is 133 Å². The molecule has 1 heterocycles. The number of aldehydes is 1. The molecule has 0 spiro atoms. The summed E-state index contributed by atoms with van der Waals surface area (Å²) in [5.74, 6) is -5.74. The molecule has 0 saturated carbocycles. The van der Waals surface area contributed by atoms with Gasteiger partial charge < -0.3 is 79.3 Å². The molecule has 41 heteroatoms. The molecule has 0 bridgehead atoms. The summed E-state index contributed by atoms with van der Waals surface area (Å²) in [6, 6.07) is 33.5. The van der Waals surface area contributed by atoms with Crippen molar-refractivity contribution in [3.05, 3.63) is 224 Å². The summed E-state index contributed by atoms with van der Waals surface area (Å²) in [6.07, 6.45) is -9.06. The van der Waals surface area contributed by atoms with Crippen molar-refractivity contribution in [2.24, 2.45) is 5.92 Å². The fourth-order valence-corrected chi connectivity index (χ4v) is 11.9. The SMILES string of the molecule is C.C1CCOC1.COC(=O)/C(C#N)=C(/C)c1ccc(F)cc1OC.COC(=O)C(C#N)C(C)(C)c1ccc(F)cc1OC.COc1cc(F)ccc1C(C)(C)CC#N.COc1cc(F)ccc1C(C)(C)CC(=O)C(F)(F)F.COc1cc(F)ccc1C(C)(C)CC(O)C(F)(F)F.COc1cc(F)ccc1C(C)(C)CC=O.COc1cc(F)ccc1C(C)=O.ClCCl.ClCCl.[C-]#[N+]CC(=O)OC.[Cl-].[Na+]. The maximum absolute atomic E-state index is 13.2. The standard InChI is InChI=1S/C14H16FNO3.C13H16F4O2.C13H14F4O2.C13H12FNO3.C12H14FNO.C12H15FO2.C9H9FO2.C4H5NO2.C4H8O.2CH2Cl2.CH4.ClH.Na/c1-14(2,11(8-16)13(17)19-4)10-6-5-9(15)7-12(10)18-3;2*1-12(2,7-11(18)13(15,16)17)9-5-4-8(14)6-10(9)19-3;1-8(11(7-15)13(16)18-3)10-5-4-9(14)6-12(10)17-2;2*1-12(2,6-7-14)10-5-4-9(13)8-11(10)15-3;1-6(11)8-4-3-7(10)5-9(8)12-2;1-5-3-4(6)7-2;1-2-4-5-3-1;2*2-1-3;;;/h5-7,11H,1-4H3;4-6,11,18H,7H2,1-3H3;4-6H,7H2,1-3H3;4-6H,1-3H3;4-5,8H,6H2,1-3H3;4-5,7-8H,6H2,1-3H3;3-5H,1-2H3;3H2,2H3;1-4H2;2*1H2;1H4;1H;/q;;;;;;;;;;;;;+1/p-1/b;;;11-8-;;;;;;;;;;. The predicted octanol–water partition coefficient (Wildman–Crippen LogP) is 17.9. The summed E-state index contributed by atoms with van der Waals surface area (Å²) < 4.78 is 218. The van der Waals surface area contributed by atoms with Gasteiger partial charge in [0.25, 0.3) is 0 Å². The molecular weight excluding hydrogens is 1960 g/mol. The number of methoxy groups -OCH3 is 10. The quantitative estimate of drug-likeness (QED) is 0.00531. The van der Waals surface area contributed by atoms with E-state index in [0.717, 1.165) is 54.9 Å². The van der Waals surface area contributed by atoms with Crippen LogP contribution in [0.4, 0.5) is 57.1 Å². The number of halogens is 18. The van der Waals surface area contributed by atoms with E-state index in [9.17, 15) is 91.1 Å². The molecular formula is C97H117Cl5F13N4NaO18. The van der Waals surface area contributed by atoms with Gasteiger partial charge in [-0.2, -0.15) is 42.1 Å². The van der Waals surface area contributed by atoms with Crippen molar-refractivity contribution in [1.29, 1.82) is 15.8 Å². The zero-order valence-electron chi connectivity index (χ0n) is 80.1. The molecule has 22 nitrogen and oxygen atoms in total. The van der Waals surface area contributed by atoms with Crippen LogP contribution in [0, 0.1) is 87.2 Å². The Morgan fingerprint density at radius 3 is 1.09 bits per heavy atom. The van der Waals surface area contributed by atoms with Crippen LogP contribution in [-0.2, 0) is 70.0 Å². The van der Waals surface area contributed by atoms with E-state index in [1.54, 1.807) is 39.0 Å². The molecule has 0 radical (unpaired) electrons. The zero-order valence-corrected chi connectivity index (χ0v) is 85.9. The van der Waals surface area contributed by atoms with Crippen LogP contribution in [0.2, 0.25) is 0 Å². The molecule has 0 aliphatic carbocycles. The third-order valence-corrected chi connectivity index (χ3v) is 19.1. The van der Waals surface area contributed by atoms with Gasteiger partial charge in [0.15, 0.2) is 17.8 Å². The number of Topliss-reactive ketones (excluding diaryl/α,β-unsaturated/α-hetero) is 2. The molecule has 1 aliphatic heterocycles. The van der Waals surface area contributed by atoms with Gasteiger partial charge >= 0.3 is 66.4 Å². The number of carbonyl (C=O) groups is 6. The number of ether oxygens (including phenoxy) is 11. The molecule has 7 aromatic rings. The van der Waals surface area contributed by atoms with Crippen LogP contribution in [0.5, 0.6) is 40.2 Å². The number of hydrogen-bond donors (Lipinski definition) is 1. The van der Waals surface area contributed by atoms with Gasteiger partial charge in [-0.15, -0.1) is 46.4 Å². The van der Waals surface area contributed by atoms with Crippen molar-refractivity contribution >= 4 is 87.7 Å². The number of alkyl halides is 10. The second-order valence-corrected chi connectivity index (χ2v) is 32.5. The minimum atomic E-state index is -4.87. The molecule has 2 atom stereocenters. The number of esters is 3. The van der Waals surface area contributed by atoms with Gasteiger partial charge in [-0.25, -0.2) is 46.9 Å². The predicted molar refractivity (Wildman–Crippen MR) is 494 cm³/mol. The van der Waals surface area contributed by atoms with E-state index in [4.69, 9.17) is 107 Å². The Labute approximate surface area is 847 Å². The first kappa shape index (κ1) is 138. The average molecular weight is 2070 g/mol. The summed E-state index contributed by atoms with van der Waals surface area (Å²) in [7, 11) is 13.5. The fourth-order valence-electron chi connectivity index (χ4n) is 11.9. The maximum atomic E-state index is 13.2. The van der Waals surface area contributed by atoms with Crippen molar-refractivity contribution in [1.82, 2.24) is 0 Å². The van der Waals surface area contributed by atoms with Crippen molar-refractivity contribution in [3.63, 3.8) is 0 Å². The van der Waals surface area contributed by atoms with Crippen molar-refractivity contribution in [2.75, 3.05) is 102 Å². The summed E-state index contributed by atoms with van der Waals surface area (Å²) in [6.45, 7) is 28.2. The summed E-state index contributed by atoms with van der Waals surface area (Å²) in [5.41, 5.74) is 0.534. The van der Waals surface area contributed by atoms with E-state index in [1.807, 2.05) is 33.8 Å². The molecule has 2 unspecified atom stereocenters. The Bertz CT molecular complexity index is 5110. The van der Waals surface area contributed by atoms with E-state index >= 15 is 0 Å². The normalized spacial score (nSPS) is 11.6. The van der Waals surface area contributed by atoms with Crippen LogP contribution >= 0.6 is 46.4 Å². The Hall–Kier alpha value is -10.3. The second kappa shape index (κ2) is 69.5. The summed E-state index contributed by atoms with van der Waals surface area (Å²) in [4.78, 5) is 68.4. The van der Waals surface area contributed by atoms with Gasteiger partial charge in [0.1, 0.15) is 98.9 Å². The van der Waals surface area contributed by atoms with E-state index in [2.05, 4.69) is 25.1 Å². The smallest absolute Gasteiger partial charge is 1.00 e. The van der Waals surface area contributed by atoms with Gasteiger partial charge in [0.05, 0.1) is 99.5 Å². The molecule has 1 aliphatic rings. The number of nitrogens with zero attached hydrogens (tertiary/aromatic N) is 4. The van der Waals surface area contributed by atoms with Crippen LogP contribution < -0.4 is 75.1 Å². The first-order chi connectivity index (χ1) is 62.9. The third kappa shape index (κ3) is 49.5. The Balaban J connectivity index is -0.000000357. The van der Waals surface area contributed by atoms with Gasteiger partial charge in [0, 0.05) is 125 Å². The van der Waals surface area contributed by atoms with Gasteiger partial charge in [-0.3, -0.25) is 14.4 Å². The Kier molecular flexibility index (Phi) is 69.7. The second-order valence-electron chi connectivity index (χ2n) is 30.9. The van der Waals surface area contributed by atoms with Crippen LogP contribution in [0.25, 0.3) is 10.4 Å². The molecule has 1 N–H and O–H groups in total. The van der Waals surface area contributed by atoms with E-state index in [-0.39, 0.29) is 123 Å². The molecule has 1 fully saturated rings. The number of rotatable bonds is 25. The van der Waals surface area contributed by atoms with Crippen molar-refractivity contribution < 1.29 is 185 Å². The van der Waals surface area contributed by atoms with Crippen LogP contribution in [0.1, 0.15) is 173 Å². The largest absolute Gasteiger partial charge is 1.00 e. The van der Waals surface area contributed by atoms with Crippen molar-refractivity contribution in [2.45, 2.75) is 175 Å². The molecule has 760 valence electrons. The first-order valence-electron chi connectivity index (χ1n) is 39.8. The maximum Gasteiger partial charge on any atom is 1.00 e. The molecule has 0 aromatic heterocycles. The fraction of sp³-hybridized carbons (Fsp3) is 0.443. The number of aliphatic hydroxyl groups excluding tert-OH is 1. The zero-order chi connectivity index (χ0) is 105. The minimum Gasteiger partial charge on any atom is -1.00 e. The number of hydrogen-bond acceptors (Lipinski definition) is 21. The van der Waals surface area contributed by atoms with Crippen molar-refractivity contribution in [3.8, 4) is 58.5 Å². The Morgan fingerprint density at radius 2 is 0.812 bits per heavy atom. The van der Waals surface area contributed by atoms with E-state index in [0.29, 0.717) is 63.5 Å². The number of aliphatic hydroxyl groups is 1. The van der Waals surface area contributed by atoms with E-state index < -0.39 is 106 Å². The number of allylic oxidation sites excluding steroid dienone is 1. The van der Waals surface area contributed by atoms with Gasteiger partial charge in [-0.1, -0.05) is 107 Å². The van der Waals surface area contributed by atoms with E-state index in [1.165, 1.54) is 210 Å². The third-order valence-electron chi connectivity index (χ3n) is 19.1. The summed E-state index contributed by atoms with van der Waals surface area (Å²) >= 11 is 19.1. The topological polar surface area (TPSA) is 300 Å². The van der Waals surface area contributed by atoms with Gasteiger partial charge in [-0.05, 0) is 104 Å². The van der Waals surface area contributed by atoms with Gasteiger partial charge in [0.2, 0.25) is 5.78 Å². The number of ketones is 2. The minimum absolute atomic E-state index is 0. The molecule has 7 aromatic carbocycles. The van der Waals surface area contributed by atoms with Crippen LogP contribution in [-0.4, -0.2) is 161 Å². The molecule has 1 saturated heterocycles. The number of carbonyl (C=O) groups excluding carboxylic acids is 6. The van der Waals surface area contributed by atoms with Crippen LogP contribution in [0.3, 0.4) is 0 Å². The monoisotopic (exact) mass is 2070 g/mol.